The number of aryl methyl sites for hydroxylation is 1. The number of carbonyl (C=O) groups is 1. The Bertz CT molecular complexity index is 607. The molecule has 0 aliphatic rings. The second-order valence-electron chi connectivity index (χ2n) is 5.69. The van der Waals surface area contributed by atoms with E-state index in [-0.39, 0.29) is 17.1 Å². The number of ether oxygens (including phenoxy) is 1. The van der Waals surface area contributed by atoms with Crippen molar-refractivity contribution < 1.29 is 18.5 Å². The summed E-state index contributed by atoms with van der Waals surface area (Å²) in [5.41, 5.74) is 0.506. The highest BCUT2D eigenvalue weighted by molar-refractivity contribution is 5.87. The highest BCUT2D eigenvalue weighted by Gasteiger charge is 2.26. The number of nitrogens with zero attached hydrogens (tertiary/aromatic N) is 2. The van der Waals surface area contributed by atoms with Crippen LogP contribution in [0.1, 0.15) is 61.6 Å². The van der Waals surface area contributed by atoms with E-state index in [0.717, 1.165) is 5.56 Å². The van der Waals surface area contributed by atoms with Gasteiger partial charge >= 0.3 is 5.97 Å². The van der Waals surface area contributed by atoms with Crippen LogP contribution in [0.2, 0.25) is 0 Å². The maximum Gasteiger partial charge on any atom is 0.375 e. The summed E-state index contributed by atoms with van der Waals surface area (Å²) in [6, 6.07) is 1.70. The molecule has 0 saturated carbocycles. The standard InChI is InChI=1S/C14H18N2O4/c1-8-6-7-18-10(8)12(17)19-9(2)11-15-13(16-20-11)14(3,4)5/h6-7,9H,1-5H3/t9-/m1/s1. The molecule has 0 amide bonds. The highest BCUT2D eigenvalue weighted by Crippen LogP contribution is 2.23. The minimum absolute atomic E-state index is 0.187. The van der Waals surface area contributed by atoms with Gasteiger partial charge in [0.15, 0.2) is 11.9 Å². The zero-order chi connectivity index (χ0) is 14.9. The quantitative estimate of drug-likeness (QED) is 0.802. The molecule has 0 bridgehead atoms. The van der Waals surface area contributed by atoms with Crippen LogP contribution in [0.15, 0.2) is 21.3 Å². The molecule has 0 unspecified atom stereocenters. The van der Waals surface area contributed by atoms with Crippen molar-refractivity contribution in [3.05, 3.63) is 35.4 Å². The van der Waals surface area contributed by atoms with Crippen LogP contribution in [0.4, 0.5) is 0 Å². The summed E-state index contributed by atoms with van der Waals surface area (Å²) in [6.07, 6.45) is 0.816. The van der Waals surface area contributed by atoms with Crippen molar-refractivity contribution in [1.82, 2.24) is 10.1 Å². The van der Waals surface area contributed by atoms with Crippen LogP contribution < -0.4 is 0 Å². The van der Waals surface area contributed by atoms with Crippen LogP contribution in [-0.4, -0.2) is 16.1 Å². The Balaban J connectivity index is 2.09. The number of esters is 1. The average molecular weight is 278 g/mol. The van der Waals surface area contributed by atoms with Crippen LogP contribution in [0.5, 0.6) is 0 Å². The predicted molar refractivity (Wildman–Crippen MR) is 70.3 cm³/mol. The van der Waals surface area contributed by atoms with Gasteiger partial charge in [-0.1, -0.05) is 25.9 Å². The summed E-state index contributed by atoms with van der Waals surface area (Å²) in [4.78, 5) is 16.2. The van der Waals surface area contributed by atoms with E-state index in [1.165, 1.54) is 6.26 Å². The number of rotatable bonds is 3. The van der Waals surface area contributed by atoms with Gasteiger partial charge in [-0.25, -0.2) is 4.79 Å². The van der Waals surface area contributed by atoms with E-state index in [1.807, 2.05) is 20.8 Å². The van der Waals surface area contributed by atoms with E-state index in [1.54, 1.807) is 19.9 Å². The molecular formula is C14H18N2O4. The van der Waals surface area contributed by atoms with Gasteiger partial charge in [0.05, 0.1) is 6.26 Å². The van der Waals surface area contributed by atoms with E-state index < -0.39 is 12.1 Å². The molecule has 2 aromatic rings. The van der Waals surface area contributed by atoms with Gasteiger partial charge < -0.3 is 13.7 Å². The largest absolute Gasteiger partial charge is 0.457 e. The van der Waals surface area contributed by atoms with Crippen molar-refractivity contribution in [2.24, 2.45) is 0 Å². The molecule has 0 N–H and O–H groups in total. The number of hydrogen-bond acceptors (Lipinski definition) is 6. The summed E-state index contributed by atoms with van der Waals surface area (Å²) in [5, 5.41) is 3.90. The zero-order valence-electron chi connectivity index (χ0n) is 12.3. The van der Waals surface area contributed by atoms with E-state index in [0.29, 0.717) is 5.82 Å². The molecule has 0 radical (unpaired) electrons. The smallest absolute Gasteiger partial charge is 0.375 e. The Hall–Kier alpha value is -2.11. The topological polar surface area (TPSA) is 78.4 Å². The van der Waals surface area contributed by atoms with Crippen LogP contribution >= 0.6 is 0 Å². The van der Waals surface area contributed by atoms with Crippen molar-refractivity contribution in [3.63, 3.8) is 0 Å². The lowest BCUT2D eigenvalue weighted by molar-refractivity contribution is 0.0229. The normalized spacial score (nSPS) is 13.2. The van der Waals surface area contributed by atoms with Gasteiger partial charge in [0.2, 0.25) is 5.76 Å². The summed E-state index contributed by atoms with van der Waals surface area (Å²) in [6.45, 7) is 9.38. The third-order valence-corrected chi connectivity index (χ3v) is 2.79. The number of aromatic nitrogens is 2. The van der Waals surface area contributed by atoms with Crippen LogP contribution in [0.3, 0.4) is 0 Å². The molecule has 2 heterocycles. The fourth-order valence-corrected chi connectivity index (χ4v) is 1.55. The third kappa shape index (κ3) is 2.89. The predicted octanol–water partition coefficient (Wildman–Crippen LogP) is 3.19. The molecule has 6 heteroatoms. The van der Waals surface area contributed by atoms with Crippen molar-refractivity contribution >= 4 is 5.97 Å². The fourth-order valence-electron chi connectivity index (χ4n) is 1.55. The van der Waals surface area contributed by atoms with Crippen LogP contribution in [-0.2, 0) is 10.2 Å². The lowest BCUT2D eigenvalue weighted by atomic mass is 9.96. The first-order valence-corrected chi connectivity index (χ1v) is 6.38. The van der Waals surface area contributed by atoms with E-state index in [9.17, 15) is 4.79 Å². The first-order chi connectivity index (χ1) is 9.29. The Morgan fingerprint density at radius 1 is 1.40 bits per heavy atom. The zero-order valence-corrected chi connectivity index (χ0v) is 12.3. The van der Waals surface area contributed by atoms with E-state index >= 15 is 0 Å². The molecule has 2 aromatic heterocycles. The minimum atomic E-state index is -0.629. The lowest BCUT2D eigenvalue weighted by Crippen LogP contribution is -2.14. The average Bonchev–Trinajstić information content (AvgIpc) is 2.95. The first kappa shape index (κ1) is 14.3. The maximum atomic E-state index is 11.9. The van der Waals surface area contributed by atoms with Gasteiger partial charge in [-0.3, -0.25) is 0 Å². The number of furan rings is 1. The number of hydrogen-bond donors (Lipinski definition) is 0. The first-order valence-electron chi connectivity index (χ1n) is 6.38. The molecule has 0 aliphatic heterocycles. The van der Waals surface area contributed by atoms with Gasteiger partial charge in [-0.2, -0.15) is 4.98 Å². The Morgan fingerprint density at radius 3 is 2.60 bits per heavy atom. The molecule has 2 rings (SSSR count). The van der Waals surface area contributed by atoms with Crippen LogP contribution in [0.25, 0.3) is 0 Å². The third-order valence-electron chi connectivity index (χ3n) is 2.79. The van der Waals surface area contributed by atoms with Crippen molar-refractivity contribution in [1.29, 1.82) is 0 Å². The molecule has 20 heavy (non-hydrogen) atoms. The summed E-state index contributed by atoms with van der Waals surface area (Å²) in [7, 11) is 0. The molecular weight excluding hydrogens is 260 g/mol. The minimum Gasteiger partial charge on any atom is -0.457 e. The molecule has 0 aromatic carbocycles. The van der Waals surface area contributed by atoms with Gasteiger partial charge in [0.1, 0.15) is 0 Å². The second kappa shape index (κ2) is 5.11. The Kier molecular flexibility index (Phi) is 3.65. The molecule has 108 valence electrons. The molecule has 0 fully saturated rings. The Labute approximate surface area is 117 Å². The maximum absolute atomic E-state index is 11.9. The van der Waals surface area contributed by atoms with E-state index in [4.69, 9.17) is 13.7 Å². The second-order valence-corrected chi connectivity index (χ2v) is 5.69. The highest BCUT2D eigenvalue weighted by atomic mass is 16.6. The molecule has 6 nitrogen and oxygen atoms in total. The Morgan fingerprint density at radius 2 is 2.10 bits per heavy atom. The SMILES string of the molecule is Cc1ccoc1C(=O)O[C@H](C)c1nc(C(C)(C)C)no1. The van der Waals surface area contributed by atoms with Crippen molar-refractivity contribution in [2.45, 2.75) is 46.1 Å². The van der Waals surface area contributed by atoms with Crippen molar-refractivity contribution in [3.8, 4) is 0 Å². The summed E-state index contributed by atoms with van der Waals surface area (Å²) < 4.78 is 15.5. The van der Waals surface area contributed by atoms with Gasteiger partial charge in [0, 0.05) is 11.0 Å². The van der Waals surface area contributed by atoms with Gasteiger partial charge in [-0.05, 0) is 19.9 Å². The monoisotopic (exact) mass is 278 g/mol. The van der Waals surface area contributed by atoms with Gasteiger partial charge in [0.25, 0.3) is 5.89 Å². The van der Waals surface area contributed by atoms with Gasteiger partial charge in [-0.15, -0.1) is 0 Å². The molecule has 0 aliphatic carbocycles. The summed E-state index contributed by atoms with van der Waals surface area (Å²) >= 11 is 0. The lowest BCUT2D eigenvalue weighted by Gasteiger charge is -2.11. The molecule has 0 spiro atoms. The van der Waals surface area contributed by atoms with Crippen molar-refractivity contribution in [2.75, 3.05) is 0 Å². The number of carbonyl (C=O) groups excluding carboxylic acids is 1. The molecule has 0 saturated heterocycles. The van der Waals surface area contributed by atoms with E-state index in [2.05, 4.69) is 10.1 Å². The fraction of sp³-hybridized carbons (Fsp3) is 0.500. The molecule has 1 atom stereocenters. The summed E-state index contributed by atoms with van der Waals surface area (Å²) in [5.74, 6) is 0.486. The van der Waals surface area contributed by atoms with Crippen LogP contribution in [0, 0.1) is 6.92 Å².